The summed E-state index contributed by atoms with van der Waals surface area (Å²) in [7, 11) is -9.88. The zero-order valence-electron chi connectivity index (χ0n) is 52.9. The minimum Gasteiger partial charge on any atom is -0.462 e. The van der Waals surface area contributed by atoms with Crippen LogP contribution in [0.2, 0.25) is 0 Å². The van der Waals surface area contributed by atoms with E-state index in [2.05, 4.69) is 48.5 Å². The molecule has 0 fully saturated rings. The summed E-state index contributed by atoms with van der Waals surface area (Å²) in [5.41, 5.74) is 0. The van der Waals surface area contributed by atoms with Gasteiger partial charge in [-0.05, 0) is 43.4 Å². The van der Waals surface area contributed by atoms with Gasteiger partial charge in [-0.3, -0.25) is 37.3 Å². The fraction of sp³-hybridized carbons (Fsp3) is 0.937. The zero-order chi connectivity index (χ0) is 61.0. The van der Waals surface area contributed by atoms with Crippen molar-refractivity contribution in [2.45, 2.75) is 324 Å². The molecule has 3 N–H and O–H groups in total. The molecular formula is C63H122O17P2. The van der Waals surface area contributed by atoms with E-state index in [0.29, 0.717) is 37.5 Å². The first-order valence-electron chi connectivity index (χ1n) is 32.8. The number of phosphoric acid groups is 2. The molecule has 0 heterocycles. The number of hydrogen-bond donors (Lipinski definition) is 3. The van der Waals surface area contributed by atoms with Gasteiger partial charge in [0.15, 0.2) is 12.2 Å². The highest BCUT2D eigenvalue weighted by atomic mass is 31.2. The molecule has 17 nitrogen and oxygen atoms in total. The van der Waals surface area contributed by atoms with E-state index < -0.39 is 97.5 Å². The molecule has 5 atom stereocenters. The number of unbranched alkanes of at least 4 members (excludes halogenated alkanes) is 29. The summed E-state index contributed by atoms with van der Waals surface area (Å²) in [5.74, 6) is -0.0180. The third kappa shape index (κ3) is 57.2. The van der Waals surface area contributed by atoms with E-state index in [0.717, 1.165) is 102 Å². The van der Waals surface area contributed by atoms with E-state index in [1.54, 1.807) is 0 Å². The Morgan fingerprint density at radius 2 is 0.561 bits per heavy atom. The first kappa shape index (κ1) is 80.1. The maximum absolute atomic E-state index is 13.0. The summed E-state index contributed by atoms with van der Waals surface area (Å²) >= 11 is 0. The molecule has 486 valence electrons. The maximum Gasteiger partial charge on any atom is 0.472 e. The number of carbonyl (C=O) groups excluding carboxylic acids is 4. The maximum atomic E-state index is 13.0. The average molecular weight is 1210 g/mol. The Morgan fingerprint density at radius 1 is 0.329 bits per heavy atom. The lowest BCUT2D eigenvalue weighted by Gasteiger charge is -2.21. The molecule has 82 heavy (non-hydrogen) atoms. The molecule has 0 amide bonds. The summed E-state index contributed by atoms with van der Waals surface area (Å²) in [5, 5.41) is 10.5. The van der Waals surface area contributed by atoms with Crippen molar-refractivity contribution in [2.75, 3.05) is 39.6 Å². The Balaban J connectivity index is 5.21. The van der Waals surface area contributed by atoms with Crippen LogP contribution >= 0.6 is 15.6 Å². The quantitative estimate of drug-likeness (QED) is 0.0222. The van der Waals surface area contributed by atoms with Crippen molar-refractivity contribution >= 4 is 39.5 Å². The van der Waals surface area contributed by atoms with Crippen LogP contribution in [0, 0.1) is 17.8 Å². The molecule has 0 aromatic carbocycles. The number of phosphoric ester groups is 2. The van der Waals surface area contributed by atoms with Gasteiger partial charge in [0.2, 0.25) is 0 Å². The van der Waals surface area contributed by atoms with Crippen LogP contribution in [-0.4, -0.2) is 96.7 Å². The molecule has 2 unspecified atom stereocenters. The predicted molar refractivity (Wildman–Crippen MR) is 326 cm³/mol. The van der Waals surface area contributed by atoms with Gasteiger partial charge in [-0.15, -0.1) is 0 Å². The van der Waals surface area contributed by atoms with Crippen molar-refractivity contribution < 1.29 is 80.2 Å². The van der Waals surface area contributed by atoms with Crippen LogP contribution in [0.1, 0.15) is 305 Å². The highest BCUT2D eigenvalue weighted by molar-refractivity contribution is 7.47. The number of aliphatic hydroxyl groups is 1. The van der Waals surface area contributed by atoms with Crippen molar-refractivity contribution in [3.63, 3.8) is 0 Å². The van der Waals surface area contributed by atoms with E-state index in [9.17, 15) is 43.2 Å². The van der Waals surface area contributed by atoms with Gasteiger partial charge in [-0.2, -0.15) is 0 Å². The lowest BCUT2D eigenvalue weighted by atomic mass is 10.0. The predicted octanol–water partition coefficient (Wildman–Crippen LogP) is 17.1. The Hall–Kier alpha value is -1.94. The Kier molecular flexibility index (Phi) is 53.2. The van der Waals surface area contributed by atoms with Gasteiger partial charge in [0.1, 0.15) is 19.3 Å². The monoisotopic (exact) mass is 1210 g/mol. The Morgan fingerprint density at radius 3 is 0.829 bits per heavy atom. The number of rotatable bonds is 61. The molecule has 0 aromatic heterocycles. The van der Waals surface area contributed by atoms with Gasteiger partial charge in [0.05, 0.1) is 26.4 Å². The lowest BCUT2D eigenvalue weighted by molar-refractivity contribution is -0.161. The molecule has 19 heteroatoms. The summed E-state index contributed by atoms with van der Waals surface area (Å²) in [6.07, 6.45) is 35.1. The third-order valence-corrected chi connectivity index (χ3v) is 16.3. The first-order chi connectivity index (χ1) is 39.2. The van der Waals surface area contributed by atoms with E-state index in [1.807, 2.05) is 0 Å². The average Bonchev–Trinajstić information content (AvgIpc) is 3.42. The molecule has 0 bridgehead atoms. The van der Waals surface area contributed by atoms with Crippen molar-refractivity contribution in [3.8, 4) is 0 Å². The third-order valence-electron chi connectivity index (χ3n) is 14.4. The van der Waals surface area contributed by atoms with Crippen LogP contribution in [0.4, 0.5) is 0 Å². The smallest absolute Gasteiger partial charge is 0.462 e. The summed E-state index contributed by atoms with van der Waals surface area (Å²) in [4.78, 5) is 72.1. The van der Waals surface area contributed by atoms with Crippen LogP contribution in [0.5, 0.6) is 0 Å². The van der Waals surface area contributed by atoms with Gasteiger partial charge in [0, 0.05) is 25.7 Å². The van der Waals surface area contributed by atoms with E-state index in [1.165, 1.54) is 109 Å². The molecule has 0 aliphatic rings. The fourth-order valence-corrected chi connectivity index (χ4v) is 10.9. The second-order valence-electron chi connectivity index (χ2n) is 24.2. The number of esters is 4. The van der Waals surface area contributed by atoms with Crippen LogP contribution in [0.15, 0.2) is 0 Å². The minimum atomic E-state index is -4.94. The Labute approximate surface area is 498 Å². The molecule has 0 saturated heterocycles. The summed E-state index contributed by atoms with van der Waals surface area (Å²) < 4.78 is 67.9. The highest BCUT2D eigenvalue weighted by Gasteiger charge is 2.30. The number of carbonyl (C=O) groups is 4. The highest BCUT2D eigenvalue weighted by Crippen LogP contribution is 2.45. The van der Waals surface area contributed by atoms with Crippen LogP contribution in [-0.2, 0) is 65.4 Å². The molecule has 0 aliphatic carbocycles. The molecular weight excluding hydrogens is 1090 g/mol. The Bertz CT molecular complexity index is 1630. The lowest BCUT2D eigenvalue weighted by Crippen LogP contribution is -2.30. The first-order valence-corrected chi connectivity index (χ1v) is 35.8. The zero-order valence-corrected chi connectivity index (χ0v) is 54.7. The molecule has 0 spiro atoms. The van der Waals surface area contributed by atoms with E-state index >= 15 is 0 Å². The van der Waals surface area contributed by atoms with Crippen LogP contribution in [0.3, 0.4) is 0 Å². The number of hydrogen-bond acceptors (Lipinski definition) is 15. The topological polar surface area (TPSA) is 237 Å². The van der Waals surface area contributed by atoms with Crippen molar-refractivity contribution in [3.05, 3.63) is 0 Å². The largest absolute Gasteiger partial charge is 0.472 e. The van der Waals surface area contributed by atoms with Gasteiger partial charge in [-0.1, -0.05) is 254 Å². The molecule has 0 aliphatic heterocycles. The van der Waals surface area contributed by atoms with Crippen molar-refractivity contribution in [1.82, 2.24) is 0 Å². The summed E-state index contributed by atoms with van der Waals surface area (Å²) in [6, 6.07) is 0. The molecule has 0 saturated carbocycles. The van der Waals surface area contributed by atoms with Gasteiger partial charge < -0.3 is 33.8 Å². The van der Waals surface area contributed by atoms with Crippen LogP contribution in [0.25, 0.3) is 0 Å². The number of aliphatic hydroxyl groups excluding tert-OH is 1. The second kappa shape index (κ2) is 54.5. The van der Waals surface area contributed by atoms with Crippen LogP contribution < -0.4 is 0 Å². The standard InChI is InChI=1S/C63H122O17P2/c1-8-9-10-11-12-17-21-30-37-44-60(65)73-50-59(80-63(68)47-40-33-26-24-29-36-43-56(6)7)53-78-82(71,72)76-49-57(64)48-75-81(69,70)77-52-58(51-74-61(66)45-38-31-25-23-28-35-42-55(4)5)79-62(67)46-39-32-22-19-16-14-13-15-18-20-27-34-41-54(2)3/h54-59,64H,8-53H2,1-7H3,(H,69,70)(H,71,72)/t57-,58-,59-/m1/s1. The second-order valence-corrected chi connectivity index (χ2v) is 27.1. The normalized spacial score (nSPS) is 14.4. The number of ether oxygens (including phenoxy) is 4. The molecule has 0 rings (SSSR count). The summed E-state index contributed by atoms with van der Waals surface area (Å²) in [6.45, 7) is 11.6. The fourth-order valence-electron chi connectivity index (χ4n) is 9.30. The van der Waals surface area contributed by atoms with E-state index in [-0.39, 0.29) is 25.7 Å². The molecule has 0 radical (unpaired) electrons. The van der Waals surface area contributed by atoms with Gasteiger partial charge >= 0.3 is 39.5 Å². The van der Waals surface area contributed by atoms with Gasteiger partial charge in [0.25, 0.3) is 0 Å². The van der Waals surface area contributed by atoms with E-state index in [4.69, 9.17) is 37.0 Å². The van der Waals surface area contributed by atoms with Crippen molar-refractivity contribution in [1.29, 1.82) is 0 Å². The minimum absolute atomic E-state index is 0.102. The SMILES string of the molecule is CCCCCCCCCCCC(=O)OC[C@H](COP(=O)(O)OC[C@H](O)COP(=O)(O)OC[C@@H](COC(=O)CCCCCCCCC(C)C)OC(=O)CCCCCCCCCCCCCCC(C)C)OC(=O)CCCCCCCCC(C)C. The van der Waals surface area contributed by atoms with Gasteiger partial charge in [-0.25, -0.2) is 9.13 Å². The molecule has 0 aromatic rings. The van der Waals surface area contributed by atoms with Crippen molar-refractivity contribution in [2.24, 2.45) is 17.8 Å².